The smallest absolute Gasteiger partial charge is 0.0544 e. The molecule has 0 aliphatic carbocycles. The minimum atomic E-state index is -3.63. The minimum absolute atomic E-state index is 1.09. The number of benzene rings is 11. The molecule has 0 spiro atoms. The van der Waals surface area contributed by atoms with Crippen molar-refractivity contribution in [1.29, 1.82) is 0 Å². The Labute approximate surface area is 410 Å². The third kappa shape index (κ3) is 6.89. The molecular weight excluding hydrogens is 907 g/mol. The van der Waals surface area contributed by atoms with E-state index in [1.807, 2.05) is 0 Å². The van der Waals surface area contributed by atoms with Crippen molar-refractivity contribution in [3.8, 4) is 22.5 Å². The van der Waals surface area contributed by atoms with Gasteiger partial charge in [0.2, 0.25) is 0 Å². The number of aromatic nitrogens is 2. The Morgan fingerprint density at radius 1 is 0.243 bits per heavy atom. The summed E-state index contributed by atoms with van der Waals surface area (Å²) in [6, 6.07) is 105. The molecule has 0 bridgehead atoms. The number of nitrogens with zero attached hydrogens (tertiary/aromatic N) is 3. The number of para-hydroxylation sites is 3. The van der Waals surface area contributed by atoms with Crippen molar-refractivity contribution in [2.75, 3.05) is 4.90 Å². The molecule has 0 unspecified atom stereocenters. The number of rotatable bonds is 10. The van der Waals surface area contributed by atoms with Gasteiger partial charge in [0.05, 0.1) is 0 Å². The largest absolute Gasteiger partial charge is 0.0617 e. The van der Waals surface area contributed by atoms with Gasteiger partial charge in [0, 0.05) is 5.69 Å². The van der Waals surface area contributed by atoms with Gasteiger partial charge in [0.1, 0.15) is 0 Å². The molecule has 11 aromatic carbocycles. The summed E-state index contributed by atoms with van der Waals surface area (Å²) < 4.78 is 10.4. The first-order valence-corrected chi connectivity index (χ1v) is 28.3. The van der Waals surface area contributed by atoms with Gasteiger partial charge in [0.25, 0.3) is 0 Å². The first kappa shape index (κ1) is 41.5. The summed E-state index contributed by atoms with van der Waals surface area (Å²) >= 11 is -3.63. The maximum absolute atomic E-state index is 3.63. The van der Waals surface area contributed by atoms with E-state index in [1.165, 1.54) is 72.3 Å². The molecule has 0 amide bonds. The molecule has 3 nitrogen and oxygen atoms in total. The number of hydrogen-bond acceptors (Lipinski definition) is 1. The van der Waals surface area contributed by atoms with Gasteiger partial charge in [-0.05, 0) is 18.2 Å². The SMILES string of the molecule is c1ccc(-c2ccc(N(c3ccc4c(c3)c3ccccc3n4-c3ccccc3)c3ccc4c(c3)c3c[c]([Ge]([c]5ccccc5)([c]5ccccc5)[c]5ccccc5)ccc3n4-c3ccccc3)cc2)cc1. The third-order valence-electron chi connectivity index (χ3n) is 14.2. The van der Waals surface area contributed by atoms with Gasteiger partial charge >= 0.3 is 329 Å². The predicted octanol–water partition coefficient (Wildman–Crippen LogP) is 14.4. The van der Waals surface area contributed by atoms with E-state index in [-0.39, 0.29) is 0 Å². The zero-order valence-electron chi connectivity index (χ0n) is 38.5. The predicted molar refractivity (Wildman–Crippen MR) is 299 cm³/mol. The van der Waals surface area contributed by atoms with E-state index in [2.05, 4.69) is 299 Å². The molecule has 0 aliphatic heterocycles. The van der Waals surface area contributed by atoms with Crippen LogP contribution in [-0.2, 0) is 0 Å². The van der Waals surface area contributed by atoms with Crippen molar-refractivity contribution in [3.63, 3.8) is 0 Å². The average molecular weight is 955 g/mol. The number of anilines is 3. The summed E-state index contributed by atoms with van der Waals surface area (Å²) in [7, 11) is 0. The second kappa shape index (κ2) is 17.5. The number of hydrogen-bond donors (Lipinski definition) is 0. The maximum atomic E-state index is 2.55. The Balaban J connectivity index is 1.07. The van der Waals surface area contributed by atoms with Crippen molar-refractivity contribution < 1.29 is 0 Å². The van der Waals surface area contributed by atoms with E-state index in [9.17, 15) is 0 Å². The molecule has 4 heteroatoms. The Hall–Kier alpha value is -8.64. The van der Waals surface area contributed by atoms with Crippen LogP contribution in [0.5, 0.6) is 0 Å². The molecular formula is C66H47GeN3. The van der Waals surface area contributed by atoms with Crippen LogP contribution < -0.4 is 22.5 Å². The molecule has 0 saturated heterocycles. The van der Waals surface area contributed by atoms with Gasteiger partial charge in [-0.25, -0.2) is 0 Å². The fraction of sp³-hybridized carbons (Fsp3) is 0. The van der Waals surface area contributed by atoms with E-state index >= 15 is 0 Å². The van der Waals surface area contributed by atoms with Crippen molar-refractivity contribution in [3.05, 3.63) is 285 Å². The molecule has 70 heavy (non-hydrogen) atoms. The van der Waals surface area contributed by atoms with E-state index in [1.54, 1.807) is 0 Å². The van der Waals surface area contributed by atoms with E-state index in [0.717, 1.165) is 28.4 Å². The van der Waals surface area contributed by atoms with E-state index in [0.29, 0.717) is 0 Å². The van der Waals surface area contributed by atoms with Gasteiger partial charge < -0.3 is 0 Å². The van der Waals surface area contributed by atoms with Crippen LogP contribution in [0.3, 0.4) is 0 Å². The Morgan fingerprint density at radius 3 is 1.10 bits per heavy atom. The second-order valence-corrected chi connectivity index (χ2v) is 26.1. The minimum Gasteiger partial charge on any atom is -0.0617 e. The van der Waals surface area contributed by atoms with Crippen LogP contribution in [0.25, 0.3) is 66.1 Å². The molecule has 0 fully saturated rings. The Morgan fingerprint density at radius 2 is 0.600 bits per heavy atom. The first-order chi connectivity index (χ1) is 34.7. The van der Waals surface area contributed by atoms with Crippen molar-refractivity contribution in [2.45, 2.75) is 0 Å². The molecule has 2 aromatic heterocycles. The molecule has 330 valence electrons. The average Bonchev–Trinajstić information content (AvgIpc) is 3.95. The van der Waals surface area contributed by atoms with Gasteiger partial charge in [-0.1, -0.05) is 60.7 Å². The molecule has 2 heterocycles. The van der Waals surface area contributed by atoms with Gasteiger partial charge in [-0.2, -0.15) is 0 Å². The molecule has 0 saturated carbocycles. The van der Waals surface area contributed by atoms with Crippen LogP contribution in [0.15, 0.2) is 285 Å². The summed E-state index contributed by atoms with van der Waals surface area (Å²) in [5, 5.41) is 4.87. The monoisotopic (exact) mass is 955 g/mol. The summed E-state index contributed by atoms with van der Waals surface area (Å²) in [4.78, 5) is 2.44. The van der Waals surface area contributed by atoms with Gasteiger partial charge in [0.15, 0.2) is 0 Å². The molecule has 13 aromatic rings. The second-order valence-electron chi connectivity index (χ2n) is 18.1. The van der Waals surface area contributed by atoms with Gasteiger partial charge in [-0.15, -0.1) is 0 Å². The van der Waals surface area contributed by atoms with Crippen molar-refractivity contribution >= 4 is 91.5 Å². The van der Waals surface area contributed by atoms with E-state index < -0.39 is 13.3 Å². The summed E-state index contributed by atoms with van der Waals surface area (Å²) in [5.41, 5.74) is 12.6. The molecule has 13 rings (SSSR count). The standard InChI is InChI=1S/C66H47GeN3/c1-7-21-48(22-8-1)49-35-38-56(39-36-49)68(57-40-43-65-61(46-57)59-33-19-20-34-63(59)69(65)54-29-15-5-16-30-54)58-41-44-66-62(47-58)60-45-53(37-42-64(60)70(66)55-31-17-6-18-32-55)67(50-23-9-2-10-24-50,51-25-11-3-12-26-51)52-27-13-4-14-28-52/h1-47H. The van der Waals surface area contributed by atoms with Crippen LogP contribution >= 0.6 is 0 Å². The van der Waals surface area contributed by atoms with Crippen molar-refractivity contribution in [1.82, 2.24) is 9.13 Å². The zero-order valence-corrected chi connectivity index (χ0v) is 40.6. The fourth-order valence-corrected chi connectivity index (χ4v) is 21.2. The number of fused-ring (bicyclic) bond motifs is 6. The van der Waals surface area contributed by atoms with Crippen LogP contribution in [0.4, 0.5) is 17.1 Å². The topological polar surface area (TPSA) is 13.1 Å². The van der Waals surface area contributed by atoms with Crippen LogP contribution in [0.2, 0.25) is 0 Å². The maximum Gasteiger partial charge on any atom is -0.0544 e. The van der Waals surface area contributed by atoms with Gasteiger partial charge in [-0.3, -0.25) is 0 Å². The molecule has 0 N–H and O–H groups in total. The summed E-state index contributed by atoms with van der Waals surface area (Å²) in [5.74, 6) is 0. The molecule has 0 atom stereocenters. The normalized spacial score (nSPS) is 11.7. The Kier molecular flexibility index (Phi) is 10.4. The summed E-state index contributed by atoms with van der Waals surface area (Å²) in [6.07, 6.45) is 0. The zero-order chi connectivity index (χ0) is 46.4. The molecule has 0 radical (unpaired) electrons. The fourth-order valence-electron chi connectivity index (χ4n) is 11.1. The van der Waals surface area contributed by atoms with Crippen LogP contribution in [0.1, 0.15) is 0 Å². The van der Waals surface area contributed by atoms with Crippen LogP contribution in [-0.4, -0.2) is 22.4 Å². The van der Waals surface area contributed by atoms with E-state index in [4.69, 9.17) is 0 Å². The Bertz CT molecular complexity index is 3870. The molecule has 0 aliphatic rings. The third-order valence-corrected chi connectivity index (χ3v) is 24.3. The van der Waals surface area contributed by atoms with Crippen LogP contribution in [0, 0.1) is 0 Å². The summed E-state index contributed by atoms with van der Waals surface area (Å²) in [6.45, 7) is 0. The quantitative estimate of drug-likeness (QED) is 0.125. The first-order valence-electron chi connectivity index (χ1n) is 24.1. The van der Waals surface area contributed by atoms with Crippen molar-refractivity contribution in [2.24, 2.45) is 0 Å².